The monoisotopic (exact) mass is 458 g/mol. The summed E-state index contributed by atoms with van der Waals surface area (Å²) in [6.45, 7) is 0. The van der Waals surface area contributed by atoms with Gasteiger partial charge in [0.05, 0.1) is 17.1 Å². The summed E-state index contributed by atoms with van der Waals surface area (Å²) in [7, 11) is 3.33. The highest BCUT2D eigenvalue weighted by atomic mass is 35.5. The Morgan fingerprint density at radius 3 is 2.27 bits per heavy atom. The van der Waals surface area contributed by atoms with Crippen molar-refractivity contribution in [1.29, 1.82) is 0 Å². The number of hydrogen-bond acceptors (Lipinski definition) is 3. The van der Waals surface area contributed by atoms with Crippen LogP contribution in [0.25, 0.3) is 17.1 Å². The number of carbonyl (C=O) groups excluding carboxylic acids is 1. The number of amides is 1. The average Bonchev–Trinajstić information content (AvgIpc) is 3.18. The maximum Gasteiger partial charge on any atom is 0.273 e. The fourth-order valence-corrected chi connectivity index (χ4v) is 4.33. The lowest BCUT2D eigenvalue weighted by Gasteiger charge is -2.15. The molecule has 0 spiro atoms. The Kier molecular flexibility index (Phi) is 5.30. The molecule has 5 nitrogen and oxygen atoms in total. The maximum atomic E-state index is 14.8. The number of rotatable bonds is 3. The normalized spacial score (nSPS) is 14.7. The van der Waals surface area contributed by atoms with Gasteiger partial charge in [-0.05, 0) is 18.2 Å². The van der Waals surface area contributed by atoms with Crippen molar-refractivity contribution in [3.63, 3.8) is 0 Å². The van der Waals surface area contributed by atoms with Gasteiger partial charge in [0, 0.05) is 30.8 Å². The molecule has 0 fully saturated rings. The molecule has 0 N–H and O–H groups in total. The van der Waals surface area contributed by atoms with E-state index in [0.717, 1.165) is 11.3 Å². The number of hydrogen-bond donors (Lipinski definition) is 0. The van der Waals surface area contributed by atoms with Crippen molar-refractivity contribution in [3.8, 4) is 17.1 Å². The zero-order valence-electron chi connectivity index (χ0n) is 18.0. The van der Waals surface area contributed by atoms with Gasteiger partial charge in [0.25, 0.3) is 5.91 Å². The van der Waals surface area contributed by atoms with Gasteiger partial charge in [-0.25, -0.2) is 9.37 Å². The van der Waals surface area contributed by atoms with E-state index in [1.54, 1.807) is 32.3 Å². The minimum absolute atomic E-state index is 0.215. The third-order valence-corrected chi connectivity index (χ3v) is 5.86. The first-order valence-corrected chi connectivity index (χ1v) is 10.9. The first kappa shape index (κ1) is 21.1. The summed E-state index contributed by atoms with van der Waals surface area (Å²) in [6.07, 6.45) is 0. The van der Waals surface area contributed by atoms with E-state index in [-0.39, 0.29) is 11.6 Å². The van der Waals surface area contributed by atoms with Crippen molar-refractivity contribution in [2.45, 2.75) is 5.50 Å². The molecular formula is C26H20ClFN4O. The molecule has 164 valence electrons. The lowest BCUT2D eigenvalue weighted by molar-refractivity contribution is 0.0821. The van der Waals surface area contributed by atoms with Crippen molar-refractivity contribution < 1.29 is 9.18 Å². The molecule has 1 unspecified atom stereocenters. The van der Waals surface area contributed by atoms with Crippen molar-refractivity contribution in [1.82, 2.24) is 14.5 Å². The number of halogens is 2. The first-order valence-electron chi connectivity index (χ1n) is 10.4. The van der Waals surface area contributed by atoms with Gasteiger partial charge >= 0.3 is 0 Å². The standard InChI is InChI=1S/C26H20ClFN4O/c1-31(2)26(33)22-23-24(27)29-21(17-12-6-8-14-19(17)28)18-13-7-9-15-20(18)32(23)25(30-22)16-10-4-3-5-11-16/h3-15,24H,1-2H3. The molecule has 0 bridgehead atoms. The van der Waals surface area contributed by atoms with Crippen molar-refractivity contribution >= 4 is 23.2 Å². The molecule has 0 saturated heterocycles. The number of imidazole rings is 1. The van der Waals surface area contributed by atoms with Crippen LogP contribution in [0.5, 0.6) is 0 Å². The van der Waals surface area contributed by atoms with E-state index < -0.39 is 11.3 Å². The topological polar surface area (TPSA) is 50.5 Å². The SMILES string of the molecule is CN(C)C(=O)c1nc(-c2ccccc2)n2c1C(Cl)N=C(c1ccccc1F)c1ccccc1-2. The van der Waals surface area contributed by atoms with E-state index in [1.165, 1.54) is 11.0 Å². The van der Waals surface area contributed by atoms with Crippen LogP contribution in [0.1, 0.15) is 32.8 Å². The average molecular weight is 459 g/mol. The Hall–Kier alpha value is -3.77. The van der Waals surface area contributed by atoms with Crippen LogP contribution in [-0.4, -0.2) is 40.2 Å². The van der Waals surface area contributed by atoms with Crippen LogP contribution in [0, 0.1) is 5.82 Å². The highest BCUT2D eigenvalue weighted by molar-refractivity contribution is 6.24. The summed E-state index contributed by atoms with van der Waals surface area (Å²) < 4.78 is 16.7. The number of fused-ring (bicyclic) bond motifs is 3. The molecule has 1 aliphatic heterocycles. The van der Waals surface area contributed by atoms with Crippen LogP contribution >= 0.6 is 11.6 Å². The largest absolute Gasteiger partial charge is 0.343 e. The molecule has 1 aromatic heterocycles. The van der Waals surface area contributed by atoms with E-state index >= 15 is 0 Å². The number of aromatic nitrogens is 2. The third-order valence-electron chi connectivity index (χ3n) is 5.55. The zero-order chi connectivity index (χ0) is 23.1. The van der Waals surface area contributed by atoms with Crippen LogP contribution < -0.4 is 0 Å². The molecule has 5 rings (SSSR count). The molecule has 4 aromatic rings. The highest BCUT2D eigenvalue weighted by Crippen LogP contribution is 2.39. The predicted octanol–water partition coefficient (Wildman–Crippen LogP) is 5.47. The Morgan fingerprint density at radius 2 is 1.58 bits per heavy atom. The number of para-hydroxylation sites is 1. The van der Waals surface area contributed by atoms with Gasteiger partial charge in [0.15, 0.2) is 11.2 Å². The lowest BCUT2D eigenvalue weighted by Crippen LogP contribution is -2.23. The number of nitrogens with zero attached hydrogens (tertiary/aromatic N) is 4. The van der Waals surface area contributed by atoms with Gasteiger partial charge < -0.3 is 4.90 Å². The maximum absolute atomic E-state index is 14.8. The van der Waals surface area contributed by atoms with Crippen molar-refractivity contribution in [2.24, 2.45) is 4.99 Å². The molecule has 2 heterocycles. The van der Waals surface area contributed by atoms with Crippen molar-refractivity contribution in [3.05, 3.63) is 107 Å². The fourth-order valence-electron chi connectivity index (χ4n) is 4.03. The number of carbonyl (C=O) groups is 1. The van der Waals surface area contributed by atoms with Crippen LogP contribution in [0.15, 0.2) is 83.9 Å². The lowest BCUT2D eigenvalue weighted by atomic mass is 10.00. The van der Waals surface area contributed by atoms with E-state index in [4.69, 9.17) is 21.6 Å². The van der Waals surface area contributed by atoms with Crippen LogP contribution in [-0.2, 0) is 0 Å². The molecule has 1 atom stereocenters. The fraction of sp³-hybridized carbons (Fsp3) is 0.115. The number of alkyl halides is 1. The minimum atomic E-state index is -0.962. The third kappa shape index (κ3) is 3.52. The van der Waals surface area contributed by atoms with Crippen LogP contribution in [0.2, 0.25) is 0 Å². The zero-order valence-corrected chi connectivity index (χ0v) is 18.8. The molecule has 1 aliphatic rings. The highest BCUT2D eigenvalue weighted by Gasteiger charge is 2.33. The second-order valence-electron chi connectivity index (χ2n) is 7.88. The van der Waals surface area contributed by atoms with Crippen molar-refractivity contribution in [2.75, 3.05) is 14.1 Å². The molecular weight excluding hydrogens is 439 g/mol. The van der Waals surface area contributed by atoms with Gasteiger partial charge in [-0.15, -0.1) is 0 Å². The number of aliphatic imine (C=N–C) groups is 1. The second-order valence-corrected chi connectivity index (χ2v) is 8.29. The van der Waals surface area contributed by atoms with Crippen LogP contribution in [0.3, 0.4) is 0 Å². The summed E-state index contributed by atoms with van der Waals surface area (Å²) in [6, 6.07) is 23.6. The summed E-state index contributed by atoms with van der Waals surface area (Å²) >= 11 is 6.85. The molecule has 3 aromatic carbocycles. The van der Waals surface area contributed by atoms with Gasteiger partial charge in [-0.3, -0.25) is 14.4 Å². The van der Waals surface area contributed by atoms with E-state index in [2.05, 4.69) is 0 Å². The summed E-state index contributed by atoms with van der Waals surface area (Å²) in [5.41, 5.74) is 2.72. The molecule has 1 amide bonds. The van der Waals surface area contributed by atoms with E-state index in [0.29, 0.717) is 28.4 Å². The molecule has 33 heavy (non-hydrogen) atoms. The van der Waals surface area contributed by atoms with Gasteiger partial charge in [0.2, 0.25) is 0 Å². The Morgan fingerprint density at radius 1 is 0.939 bits per heavy atom. The van der Waals surface area contributed by atoms with Gasteiger partial charge in [0.1, 0.15) is 11.6 Å². The predicted molar refractivity (Wildman–Crippen MR) is 128 cm³/mol. The van der Waals surface area contributed by atoms with Gasteiger partial charge in [-0.1, -0.05) is 72.3 Å². The molecule has 0 radical (unpaired) electrons. The molecule has 7 heteroatoms. The second kappa shape index (κ2) is 8.30. The quantitative estimate of drug-likeness (QED) is 0.302. The molecule has 0 saturated carbocycles. The summed E-state index contributed by atoms with van der Waals surface area (Å²) in [4.78, 5) is 24.0. The number of benzene rings is 3. The summed E-state index contributed by atoms with van der Waals surface area (Å²) in [5.74, 6) is -0.111. The first-order chi connectivity index (χ1) is 16.0. The Bertz CT molecular complexity index is 1390. The molecule has 0 aliphatic carbocycles. The minimum Gasteiger partial charge on any atom is -0.343 e. The Balaban J connectivity index is 1.87. The smallest absolute Gasteiger partial charge is 0.273 e. The summed E-state index contributed by atoms with van der Waals surface area (Å²) in [5, 5.41) is 0. The van der Waals surface area contributed by atoms with Gasteiger partial charge in [-0.2, -0.15) is 0 Å². The van der Waals surface area contributed by atoms with E-state index in [9.17, 15) is 9.18 Å². The Labute approximate surface area is 195 Å². The van der Waals surface area contributed by atoms with E-state index in [1.807, 2.05) is 59.2 Å². The van der Waals surface area contributed by atoms with Crippen LogP contribution in [0.4, 0.5) is 4.39 Å².